The smallest absolute Gasteiger partial charge is 0.337 e. The molecule has 12 heavy (non-hydrogen) atoms. The number of nitrogens with zero attached hydrogens (tertiary/aromatic N) is 1. The molecule has 0 bridgehead atoms. The highest BCUT2D eigenvalue weighted by Crippen LogP contribution is 2.05. The zero-order valence-corrected chi connectivity index (χ0v) is 6.53. The van der Waals surface area contributed by atoms with Gasteiger partial charge in [0.15, 0.2) is 0 Å². The summed E-state index contributed by atoms with van der Waals surface area (Å²) in [5.74, 6) is 1.35. The Morgan fingerprint density at radius 3 is 2.75 bits per heavy atom. The monoisotopic (exact) mass is 161 g/mol. The molecule has 0 amide bonds. The van der Waals surface area contributed by atoms with Crippen molar-refractivity contribution < 1.29 is 9.90 Å². The molecular formula is C9H7NO2. The zero-order chi connectivity index (χ0) is 9.14. The van der Waals surface area contributed by atoms with E-state index in [0.717, 1.165) is 0 Å². The van der Waals surface area contributed by atoms with Gasteiger partial charge in [-0.15, -0.1) is 6.42 Å². The predicted octanol–water partition coefficient (Wildman–Crippen LogP) is 1.07. The summed E-state index contributed by atoms with van der Waals surface area (Å²) in [5.41, 5.74) is 1.09. The minimum Gasteiger partial charge on any atom is -0.478 e. The van der Waals surface area contributed by atoms with E-state index in [2.05, 4.69) is 10.9 Å². The molecular weight excluding hydrogens is 154 g/mol. The lowest BCUT2D eigenvalue weighted by molar-refractivity contribution is 0.0695. The van der Waals surface area contributed by atoms with Crippen molar-refractivity contribution in [1.82, 2.24) is 4.98 Å². The largest absolute Gasteiger partial charge is 0.478 e. The third kappa shape index (κ3) is 1.43. The average Bonchev–Trinajstić information content (AvgIpc) is 2.03. The summed E-state index contributed by atoms with van der Waals surface area (Å²) in [7, 11) is 0. The number of hydrogen-bond acceptors (Lipinski definition) is 2. The highest BCUT2D eigenvalue weighted by atomic mass is 16.4. The van der Waals surface area contributed by atoms with Crippen LogP contribution < -0.4 is 0 Å². The molecule has 1 heterocycles. The number of carboxylic acids is 1. The normalized spacial score (nSPS) is 9.00. The Bertz CT molecular complexity index is 363. The maximum Gasteiger partial charge on any atom is 0.337 e. The first-order valence-corrected chi connectivity index (χ1v) is 3.32. The van der Waals surface area contributed by atoms with Gasteiger partial charge in [-0.1, -0.05) is 5.92 Å². The van der Waals surface area contributed by atoms with Crippen molar-refractivity contribution in [3.8, 4) is 12.3 Å². The van der Waals surface area contributed by atoms with Crippen LogP contribution >= 0.6 is 0 Å². The first-order valence-electron chi connectivity index (χ1n) is 3.32. The van der Waals surface area contributed by atoms with Gasteiger partial charge in [-0.2, -0.15) is 0 Å². The number of aromatic nitrogens is 1. The topological polar surface area (TPSA) is 50.2 Å². The lowest BCUT2D eigenvalue weighted by atomic mass is 10.2. The summed E-state index contributed by atoms with van der Waals surface area (Å²) in [6, 6.07) is 2.97. The summed E-state index contributed by atoms with van der Waals surface area (Å²) in [5, 5.41) is 8.64. The molecule has 0 saturated carbocycles. The van der Waals surface area contributed by atoms with Gasteiger partial charge in [-0.25, -0.2) is 9.78 Å². The van der Waals surface area contributed by atoms with E-state index in [4.69, 9.17) is 11.5 Å². The molecule has 1 aromatic rings. The van der Waals surface area contributed by atoms with Crippen LogP contribution in [-0.4, -0.2) is 16.1 Å². The van der Waals surface area contributed by atoms with Crippen molar-refractivity contribution in [3.63, 3.8) is 0 Å². The van der Waals surface area contributed by atoms with Crippen LogP contribution in [0.4, 0.5) is 0 Å². The third-order valence-electron chi connectivity index (χ3n) is 1.46. The van der Waals surface area contributed by atoms with Crippen molar-refractivity contribution >= 4 is 5.97 Å². The summed E-state index contributed by atoms with van der Waals surface area (Å²) >= 11 is 0. The van der Waals surface area contributed by atoms with Gasteiger partial charge in [0.25, 0.3) is 0 Å². The number of hydrogen-bond donors (Lipinski definition) is 1. The van der Waals surface area contributed by atoms with Gasteiger partial charge >= 0.3 is 5.97 Å². The molecule has 1 N–H and O–H groups in total. The molecule has 0 aliphatic carbocycles. The second-order valence-electron chi connectivity index (χ2n) is 2.28. The molecule has 0 atom stereocenters. The number of aryl methyl sites for hydroxylation is 1. The lowest BCUT2D eigenvalue weighted by Crippen LogP contribution is -2.02. The van der Waals surface area contributed by atoms with E-state index in [0.29, 0.717) is 11.4 Å². The quantitative estimate of drug-likeness (QED) is 0.627. The Morgan fingerprint density at radius 1 is 1.67 bits per heavy atom. The van der Waals surface area contributed by atoms with E-state index in [1.807, 2.05) is 0 Å². The molecule has 0 aliphatic heterocycles. The molecule has 1 aromatic heterocycles. The Balaban J connectivity index is 3.23. The van der Waals surface area contributed by atoms with Gasteiger partial charge < -0.3 is 5.11 Å². The Kier molecular flexibility index (Phi) is 2.11. The van der Waals surface area contributed by atoms with E-state index in [1.165, 1.54) is 12.1 Å². The standard InChI is InChI=1S/C9H7NO2/c1-3-7-4-5-8(9(11)12)6(2)10-7/h1,4-5H,2H3,(H,11,12). The molecule has 0 saturated heterocycles. The maximum atomic E-state index is 10.5. The molecule has 0 radical (unpaired) electrons. The van der Waals surface area contributed by atoms with E-state index in [9.17, 15) is 4.79 Å². The minimum absolute atomic E-state index is 0.189. The number of pyridine rings is 1. The number of carboxylic acid groups (broad SMARTS) is 1. The van der Waals surface area contributed by atoms with E-state index in [1.54, 1.807) is 6.92 Å². The van der Waals surface area contributed by atoms with Gasteiger partial charge in [-0.3, -0.25) is 0 Å². The van der Waals surface area contributed by atoms with E-state index in [-0.39, 0.29) is 5.56 Å². The van der Waals surface area contributed by atoms with Crippen molar-refractivity contribution in [3.05, 3.63) is 29.1 Å². The van der Waals surface area contributed by atoms with E-state index >= 15 is 0 Å². The fraction of sp³-hybridized carbons (Fsp3) is 0.111. The second-order valence-corrected chi connectivity index (χ2v) is 2.28. The first kappa shape index (κ1) is 8.28. The van der Waals surface area contributed by atoms with Crippen molar-refractivity contribution in [2.24, 2.45) is 0 Å². The van der Waals surface area contributed by atoms with E-state index < -0.39 is 5.97 Å². The molecule has 0 unspecified atom stereocenters. The molecule has 0 aromatic carbocycles. The number of carbonyl (C=O) groups is 1. The number of terminal acetylenes is 1. The molecule has 0 spiro atoms. The zero-order valence-electron chi connectivity index (χ0n) is 6.53. The molecule has 1 rings (SSSR count). The van der Waals surface area contributed by atoms with Gasteiger partial charge in [0.1, 0.15) is 5.69 Å². The van der Waals surface area contributed by atoms with Gasteiger partial charge in [-0.05, 0) is 19.1 Å². The fourth-order valence-electron chi connectivity index (χ4n) is 0.867. The molecule has 0 aliphatic rings. The Morgan fingerprint density at radius 2 is 2.33 bits per heavy atom. The molecule has 60 valence electrons. The van der Waals surface area contributed by atoms with Crippen LogP contribution in [-0.2, 0) is 0 Å². The highest BCUT2D eigenvalue weighted by molar-refractivity contribution is 5.88. The van der Waals surface area contributed by atoms with Crippen molar-refractivity contribution in [2.75, 3.05) is 0 Å². The SMILES string of the molecule is C#Cc1ccc(C(=O)O)c(C)n1. The number of aromatic carboxylic acids is 1. The average molecular weight is 161 g/mol. The Labute approximate surface area is 70.1 Å². The number of rotatable bonds is 1. The van der Waals surface area contributed by atoms with Gasteiger partial charge in [0.2, 0.25) is 0 Å². The summed E-state index contributed by atoms with van der Waals surface area (Å²) in [4.78, 5) is 14.4. The summed E-state index contributed by atoms with van der Waals surface area (Å²) < 4.78 is 0. The molecule has 3 nitrogen and oxygen atoms in total. The van der Waals surface area contributed by atoms with Crippen LogP contribution in [0.15, 0.2) is 12.1 Å². The van der Waals surface area contributed by atoms with Crippen molar-refractivity contribution in [2.45, 2.75) is 6.92 Å². The molecule has 0 fully saturated rings. The minimum atomic E-state index is -0.983. The first-order chi connectivity index (χ1) is 5.65. The van der Waals surface area contributed by atoms with Crippen molar-refractivity contribution in [1.29, 1.82) is 0 Å². The third-order valence-corrected chi connectivity index (χ3v) is 1.46. The van der Waals surface area contributed by atoms with Crippen LogP contribution in [0.3, 0.4) is 0 Å². The maximum absolute atomic E-state index is 10.5. The fourth-order valence-corrected chi connectivity index (χ4v) is 0.867. The predicted molar refractivity (Wildman–Crippen MR) is 43.9 cm³/mol. The molecule has 3 heteroatoms. The van der Waals surface area contributed by atoms with Gasteiger partial charge in [0, 0.05) is 0 Å². The lowest BCUT2D eigenvalue weighted by Gasteiger charge is -1.98. The summed E-state index contributed by atoms with van der Waals surface area (Å²) in [6.07, 6.45) is 5.08. The van der Waals surface area contributed by atoms with Crippen LogP contribution in [0.25, 0.3) is 0 Å². The van der Waals surface area contributed by atoms with Crippen LogP contribution in [0.2, 0.25) is 0 Å². The highest BCUT2D eigenvalue weighted by Gasteiger charge is 2.06. The van der Waals surface area contributed by atoms with Crippen LogP contribution in [0.5, 0.6) is 0 Å². The second kappa shape index (κ2) is 3.05. The van der Waals surface area contributed by atoms with Crippen LogP contribution in [0.1, 0.15) is 21.7 Å². The van der Waals surface area contributed by atoms with Gasteiger partial charge in [0.05, 0.1) is 11.3 Å². The summed E-state index contributed by atoms with van der Waals surface area (Å²) in [6.45, 7) is 1.62. The van der Waals surface area contributed by atoms with Crippen LogP contribution in [0, 0.1) is 19.3 Å². The Hall–Kier alpha value is -1.82.